The van der Waals surface area contributed by atoms with Crippen molar-refractivity contribution in [2.75, 3.05) is 19.0 Å². The molecular formula is C23H21N3. The highest BCUT2D eigenvalue weighted by atomic mass is 15.1. The summed E-state index contributed by atoms with van der Waals surface area (Å²) in [4.78, 5) is 6.92. The van der Waals surface area contributed by atoms with Gasteiger partial charge in [0.05, 0.1) is 11.0 Å². The zero-order chi connectivity index (χ0) is 17.9. The molecule has 0 saturated carbocycles. The van der Waals surface area contributed by atoms with Crippen molar-refractivity contribution in [1.29, 1.82) is 0 Å². The molecule has 4 rings (SSSR count). The zero-order valence-electron chi connectivity index (χ0n) is 15.0. The lowest BCUT2D eigenvalue weighted by Gasteiger charge is -2.11. The molecule has 0 radical (unpaired) electrons. The first-order chi connectivity index (χ1) is 12.7. The Hall–Kier alpha value is -3.33. The Morgan fingerprint density at radius 2 is 1.46 bits per heavy atom. The molecule has 0 aliphatic carbocycles. The fourth-order valence-corrected chi connectivity index (χ4v) is 3.06. The molecule has 0 saturated heterocycles. The lowest BCUT2D eigenvalue weighted by molar-refractivity contribution is 1.07. The monoisotopic (exact) mass is 339 g/mol. The van der Waals surface area contributed by atoms with Crippen LogP contribution in [0.4, 0.5) is 5.69 Å². The van der Waals surface area contributed by atoms with E-state index in [2.05, 4.69) is 88.3 Å². The molecule has 3 nitrogen and oxygen atoms in total. The third kappa shape index (κ3) is 3.11. The average Bonchev–Trinajstić information content (AvgIpc) is 3.05. The van der Waals surface area contributed by atoms with Crippen LogP contribution in [-0.4, -0.2) is 23.6 Å². The number of hydrogen-bond donors (Lipinski definition) is 0. The summed E-state index contributed by atoms with van der Waals surface area (Å²) in [5.41, 5.74) is 5.57. The maximum absolute atomic E-state index is 4.82. The van der Waals surface area contributed by atoms with Crippen molar-refractivity contribution >= 4 is 28.9 Å². The number of benzene rings is 3. The molecule has 0 bridgehead atoms. The van der Waals surface area contributed by atoms with Crippen LogP contribution in [0, 0.1) is 0 Å². The van der Waals surface area contributed by atoms with E-state index in [9.17, 15) is 0 Å². The second kappa shape index (κ2) is 6.89. The van der Waals surface area contributed by atoms with Crippen molar-refractivity contribution in [1.82, 2.24) is 9.55 Å². The summed E-state index contributed by atoms with van der Waals surface area (Å²) < 4.78 is 2.19. The van der Waals surface area contributed by atoms with Gasteiger partial charge in [-0.25, -0.2) is 4.98 Å². The van der Waals surface area contributed by atoms with Crippen LogP contribution in [0.3, 0.4) is 0 Å². The number of nitrogens with zero attached hydrogens (tertiary/aromatic N) is 3. The Morgan fingerprint density at radius 3 is 2.19 bits per heavy atom. The molecule has 128 valence electrons. The van der Waals surface area contributed by atoms with Crippen molar-refractivity contribution in [3.63, 3.8) is 0 Å². The second-order valence-electron chi connectivity index (χ2n) is 6.45. The quantitative estimate of drug-likeness (QED) is 0.505. The van der Waals surface area contributed by atoms with Gasteiger partial charge in [0.15, 0.2) is 0 Å². The Kier molecular flexibility index (Phi) is 4.28. The predicted octanol–water partition coefficient (Wildman–Crippen LogP) is 5.26. The highest BCUT2D eigenvalue weighted by molar-refractivity contribution is 5.82. The molecule has 0 spiro atoms. The maximum atomic E-state index is 4.82. The van der Waals surface area contributed by atoms with Gasteiger partial charge in [0.2, 0.25) is 0 Å². The van der Waals surface area contributed by atoms with E-state index in [1.807, 2.05) is 26.2 Å². The second-order valence-corrected chi connectivity index (χ2v) is 6.45. The SMILES string of the molecule is CN(C)c1ccc(/C=C/c2nc3ccccc3n2-c2ccccc2)cc1. The van der Waals surface area contributed by atoms with Crippen molar-refractivity contribution in [3.8, 4) is 5.69 Å². The van der Waals surface area contributed by atoms with Crippen LogP contribution in [0.25, 0.3) is 28.9 Å². The van der Waals surface area contributed by atoms with Gasteiger partial charge in [-0.3, -0.25) is 4.57 Å². The van der Waals surface area contributed by atoms with E-state index in [0.29, 0.717) is 0 Å². The van der Waals surface area contributed by atoms with Crippen molar-refractivity contribution < 1.29 is 0 Å². The molecule has 0 atom stereocenters. The fraction of sp³-hybridized carbons (Fsp3) is 0.0870. The van der Waals surface area contributed by atoms with E-state index in [1.54, 1.807) is 0 Å². The highest BCUT2D eigenvalue weighted by Crippen LogP contribution is 2.23. The topological polar surface area (TPSA) is 21.1 Å². The number of para-hydroxylation sites is 3. The smallest absolute Gasteiger partial charge is 0.138 e. The summed E-state index contributed by atoms with van der Waals surface area (Å²) in [6, 6.07) is 27.1. The number of imidazole rings is 1. The van der Waals surface area contributed by atoms with Crippen molar-refractivity contribution in [3.05, 3.63) is 90.3 Å². The van der Waals surface area contributed by atoms with Crippen LogP contribution in [0.2, 0.25) is 0 Å². The minimum Gasteiger partial charge on any atom is -0.378 e. The van der Waals surface area contributed by atoms with E-state index in [0.717, 1.165) is 28.1 Å². The first-order valence-corrected chi connectivity index (χ1v) is 8.71. The van der Waals surface area contributed by atoms with Crippen LogP contribution in [-0.2, 0) is 0 Å². The zero-order valence-corrected chi connectivity index (χ0v) is 15.0. The molecule has 0 aliphatic rings. The summed E-state index contributed by atoms with van der Waals surface area (Å²) in [7, 11) is 4.10. The van der Waals surface area contributed by atoms with Gasteiger partial charge < -0.3 is 4.90 Å². The minimum absolute atomic E-state index is 0.925. The maximum Gasteiger partial charge on any atom is 0.138 e. The molecule has 1 heterocycles. The van der Waals surface area contributed by atoms with Gasteiger partial charge in [-0.05, 0) is 48.0 Å². The van der Waals surface area contributed by atoms with Gasteiger partial charge in [-0.15, -0.1) is 0 Å². The molecule has 0 N–H and O–H groups in total. The van der Waals surface area contributed by atoms with Gasteiger partial charge >= 0.3 is 0 Å². The first-order valence-electron chi connectivity index (χ1n) is 8.71. The van der Waals surface area contributed by atoms with Crippen LogP contribution in [0.15, 0.2) is 78.9 Å². The minimum atomic E-state index is 0.925. The largest absolute Gasteiger partial charge is 0.378 e. The van der Waals surface area contributed by atoms with E-state index < -0.39 is 0 Å². The number of fused-ring (bicyclic) bond motifs is 1. The molecule has 0 fully saturated rings. The number of anilines is 1. The Morgan fingerprint density at radius 1 is 0.769 bits per heavy atom. The lowest BCUT2D eigenvalue weighted by Crippen LogP contribution is -2.07. The average molecular weight is 339 g/mol. The van der Waals surface area contributed by atoms with E-state index in [4.69, 9.17) is 4.98 Å². The Bertz CT molecular complexity index is 1040. The first kappa shape index (κ1) is 16.2. The predicted molar refractivity (Wildman–Crippen MR) is 111 cm³/mol. The normalized spacial score (nSPS) is 11.3. The summed E-state index contributed by atoms with van der Waals surface area (Å²) in [5.74, 6) is 0.925. The third-order valence-corrected chi connectivity index (χ3v) is 4.44. The van der Waals surface area contributed by atoms with Crippen molar-refractivity contribution in [2.24, 2.45) is 0 Å². The lowest BCUT2D eigenvalue weighted by atomic mass is 10.2. The van der Waals surface area contributed by atoms with Gasteiger partial charge in [0, 0.05) is 25.5 Å². The van der Waals surface area contributed by atoms with Gasteiger partial charge in [-0.2, -0.15) is 0 Å². The standard InChI is InChI=1S/C23H21N3/c1-25(2)19-15-12-18(13-16-19)14-17-23-24-21-10-6-7-11-22(21)26(23)20-8-4-3-5-9-20/h3-17H,1-2H3/b17-14+. The fourth-order valence-electron chi connectivity index (χ4n) is 3.06. The molecule has 3 aromatic carbocycles. The third-order valence-electron chi connectivity index (χ3n) is 4.44. The van der Waals surface area contributed by atoms with Crippen LogP contribution in [0.5, 0.6) is 0 Å². The van der Waals surface area contributed by atoms with Crippen LogP contribution < -0.4 is 4.90 Å². The summed E-state index contributed by atoms with van der Waals surface area (Å²) in [5, 5.41) is 0. The molecular weight excluding hydrogens is 318 g/mol. The molecule has 4 aromatic rings. The summed E-state index contributed by atoms with van der Waals surface area (Å²) in [6.07, 6.45) is 4.19. The Labute approximate surface area is 153 Å². The molecule has 0 aliphatic heterocycles. The number of aromatic nitrogens is 2. The molecule has 26 heavy (non-hydrogen) atoms. The van der Waals surface area contributed by atoms with E-state index in [-0.39, 0.29) is 0 Å². The van der Waals surface area contributed by atoms with E-state index in [1.165, 1.54) is 5.69 Å². The number of hydrogen-bond acceptors (Lipinski definition) is 2. The van der Waals surface area contributed by atoms with Gasteiger partial charge in [0.1, 0.15) is 5.82 Å². The molecule has 0 amide bonds. The Balaban J connectivity index is 1.76. The summed E-state index contributed by atoms with van der Waals surface area (Å²) in [6.45, 7) is 0. The van der Waals surface area contributed by atoms with Gasteiger partial charge in [0.25, 0.3) is 0 Å². The van der Waals surface area contributed by atoms with Crippen LogP contribution >= 0.6 is 0 Å². The molecule has 0 unspecified atom stereocenters. The highest BCUT2D eigenvalue weighted by Gasteiger charge is 2.09. The van der Waals surface area contributed by atoms with Crippen molar-refractivity contribution in [2.45, 2.75) is 0 Å². The molecule has 1 aromatic heterocycles. The summed E-state index contributed by atoms with van der Waals surface area (Å²) >= 11 is 0. The molecule has 3 heteroatoms. The van der Waals surface area contributed by atoms with Crippen LogP contribution in [0.1, 0.15) is 11.4 Å². The van der Waals surface area contributed by atoms with E-state index >= 15 is 0 Å². The number of rotatable bonds is 4. The van der Waals surface area contributed by atoms with Gasteiger partial charge in [-0.1, -0.05) is 48.5 Å².